The second-order valence-electron chi connectivity index (χ2n) is 7.75. The van der Waals surface area contributed by atoms with Gasteiger partial charge in [-0.1, -0.05) is 0 Å². The smallest absolute Gasteiger partial charge is 0.273 e. The maximum absolute atomic E-state index is 13.1. The van der Waals surface area contributed by atoms with E-state index in [9.17, 15) is 9.59 Å². The lowest BCUT2D eigenvalue weighted by Gasteiger charge is -2.40. The topological polar surface area (TPSA) is 72.0 Å². The second kappa shape index (κ2) is 8.02. The third-order valence-corrected chi connectivity index (χ3v) is 6.54. The number of aromatic nitrogens is 1. The minimum atomic E-state index is -0.0316. The molecule has 1 aromatic heterocycles. The molecule has 0 radical (unpaired) electrons. The first kappa shape index (κ1) is 19.7. The van der Waals surface area contributed by atoms with Crippen LogP contribution in [-0.2, 0) is 0 Å². The van der Waals surface area contributed by atoms with Gasteiger partial charge in [-0.3, -0.25) is 9.59 Å². The molecule has 1 aromatic carbocycles. The van der Waals surface area contributed by atoms with Crippen LogP contribution in [0.1, 0.15) is 40.1 Å². The molecular formula is C21H25N3O4S. The van der Waals surface area contributed by atoms with Crippen molar-refractivity contribution in [3.63, 3.8) is 0 Å². The summed E-state index contributed by atoms with van der Waals surface area (Å²) >= 11 is 1.43. The van der Waals surface area contributed by atoms with Crippen LogP contribution < -0.4 is 9.47 Å². The molecule has 2 amide bonds. The molecule has 0 aliphatic carbocycles. The third-order valence-electron chi connectivity index (χ3n) is 5.96. The number of methoxy groups -OCH3 is 2. The lowest BCUT2D eigenvalue weighted by molar-refractivity contribution is 0.0511. The van der Waals surface area contributed by atoms with Gasteiger partial charge in [0.1, 0.15) is 5.69 Å². The zero-order valence-corrected chi connectivity index (χ0v) is 17.5. The minimum Gasteiger partial charge on any atom is -0.493 e. The first-order valence-corrected chi connectivity index (χ1v) is 10.7. The highest BCUT2D eigenvalue weighted by Crippen LogP contribution is 2.40. The Kier molecular flexibility index (Phi) is 5.45. The molecule has 2 aromatic rings. The van der Waals surface area contributed by atoms with E-state index in [0.29, 0.717) is 42.4 Å². The van der Waals surface area contributed by atoms with Crippen molar-refractivity contribution in [2.45, 2.75) is 19.3 Å². The first-order valence-electron chi connectivity index (χ1n) is 9.74. The number of carbonyl (C=O) groups excluding carboxylic acids is 2. The summed E-state index contributed by atoms with van der Waals surface area (Å²) in [4.78, 5) is 33.8. The van der Waals surface area contributed by atoms with Crippen molar-refractivity contribution < 1.29 is 19.1 Å². The summed E-state index contributed by atoms with van der Waals surface area (Å²) in [5.41, 5.74) is 2.76. The quantitative estimate of drug-likeness (QED) is 0.768. The Labute approximate surface area is 174 Å². The van der Waals surface area contributed by atoms with Crippen LogP contribution in [0.3, 0.4) is 0 Å². The Hall–Kier alpha value is -2.61. The highest BCUT2D eigenvalue weighted by atomic mass is 32.1. The third kappa shape index (κ3) is 3.81. The van der Waals surface area contributed by atoms with Crippen LogP contribution in [0, 0.1) is 5.41 Å². The van der Waals surface area contributed by atoms with E-state index >= 15 is 0 Å². The number of rotatable bonds is 4. The predicted molar refractivity (Wildman–Crippen MR) is 110 cm³/mol. The summed E-state index contributed by atoms with van der Waals surface area (Å²) in [7, 11) is 3.14. The second-order valence-corrected chi connectivity index (χ2v) is 8.47. The van der Waals surface area contributed by atoms with E-state index in [2.05, 4.69) is 4.98 Å². The molecule has 2 aliphatic heterocycles. The first-order chi connectivity index (χ1) is 14.0. The molecule has 1 atom stereocenters. The molecule has 2 fully saturated rings. The van der Waals surface area contributed by atoms with Crippen molar-refractivity contribution >= 4 is 23.2 Å². The molecule has 1 unspecified atom stereocenters. The predicted octanol–water partition coefficient (Wildman–Crippen LogP) is 2.93. The fraction of sp³-hybridized carbons (Fsp3) is 0.476. The molecule has 1 spiro atoms. The Morgan fingerprint density at radius 2 is 1.79 bits per heavy atom. The molecule has 0 saturated carbocycles. The number of amides is 2. The van der Waals surface area contributed by atoms with Crippen molar-refractivity contribution in [2.24, 2.45) is 5.41 Å². The van der Waals surface area contributed by atoms with Crippen LogP contribution in [0.4, 0.5) is 0 Å². The molecule has 154 valence electrons. The summed E-state index contributed by atoms with van der Waals surface area (Å²) in [5.74, 6) is 1.14. The lowest BCUT2D eigenvalue weighted by atomic mass is 9.79. The number of hydrogen-bond acceptors (Lipinski definition) is 6. The van der Waals surface area contributed by atoms with Gasteiger partial charge in [-0.25, -0.2) is 4.98 Å². The number of carbonyl (C=O) groups is 2. The summed E-state index contributed by atoms with van der Waals surface area (Å²) in [5, 5.41) is 1.80. The normalized spacial score (nSPS) is 21.4. The largest absolute Gasteiger partial charge is 0.493 e. The molecule has 0 N–H and O–H groups in total. The van der Waals surface area contributed by atoms with Crippen molar-refractivity contribution in [3.05, 3.63) is 40.3 Å². The van der Waals surface area contributed by atoms with E-state index < -0.39 is 0 Å². The van der Waals surface area contributed by atoms with Crippen molar-refractivity contribution in [2.75, 3.05) is 40.4 Å². The Bertz CT molecular complexity index is 901. The van der Waals surface area contributed by atoms with Gasteiger partial charge >= 0.3 is 0 Å². The number of piperidine rings is 1. The van der Waals surface area contributed by atoms with Gasteiger partial charge in [0.25, 0.3) is 11.8 Å². The zero-order chi connectivity index (χ0) is 20.4. The number of ether oxygens (including phenoxy) is 2. The van der Waals surface area contributed by atoms with E-state index in [1.807, 2.05) is 9.80 Å². The lowest BCUT2D eigenvalue weighted by Crippen LogP contribution is -2.47. The van der Waals surface area contributed by atoms with Crippen LogP contribution in [0.25, 0.3) is 0 Å². The van der Waals surface area contributed by atoms with Crippen molar-refractivity contribution in [3.8, 4) is 11.5 Å². The van der Waals surface area contributed by atoms with E-state index in [4.69, 9.17) is 9.47 Å². The minimum absolute atomic E-state index is 0.00464. The van der Waals surface area contributed by atoms with Gasteiger partial charge in [0.05, 0.1) is 19.7 Å². The number of likely N-dealkylation sites (tertiary alicyclic amines) is 2. The molecule has 29 heavy (non-hydrogen) atoms. The summed E-state index contributed by atoms with van der Waals surface area (Å²) < 4.78 is 10.6. The molecule has 2 aliphatic rings. The molecule has 2 saturated heterocycles. The van der Waals surface area contributed by atoms with Gasteiger partial charge in [0.15, 0.2) is 11.5 Å². The van der Waals surface area contributed by atoms with Crippen LogP contribution in [0.15, 0.2) is 29.1 Å². The van der Waals surface area contributed by atoms with Gasteiger partial charge in [-0.05, 0) is 37.5 Å². The summed E-state index contributed by atoms with van der Waals surface area (Å²) in [6, 6.07) is 5.26. The molecule has 8 heteroatoms. The average Bonchev–Trinajstić information content (AvgIpc) is 3.43. The molecule has 4 rings (SSSR count). The van der Waals surface area contributed by atoms with Gasteiger partial charge < -0.3 is 19.3 Å². The van der Waals surface area contributed by atoms with Gasteiger partial charge in [0.2, 0.25) is 0 Å². The van der Waals surface area contributed by atoms with E-state index in [-0.39, 0.29) is 17.2 Å². The maximum atomic E-state index is 13.1. The highest BCUT2D eigenvalue weighted by molar-refractivity contribution is 7.07. The van der Waals surface area contributed by atoms with E-state index in [1.165, 1.54) is 11.3 Å². The van der Waals surface area contributed by atoms with Crippen molar-refractivity contribution in [1.82, 2.24) is 14.8 Å². The zero-order valence-electron chi connectivity index (χ0n) is 16.7. The fourth-order valence-corrected chi connectivity index (χ4v) is 4.98. The van der Waals surface area contributed by atoms with Gasteiger partial charge in [-0.2, -0.15) is 0 Å². The number of thiazole rings is 1. The summed E-state index contributed by atoms with van der Waals surface area (Å²) in [6.45, 7) is 2.80. The number of hydrogen-bond donors (Lipinski definition) is 0. The molecule has 3 heterocycles. The summed E-state index contributed by atoms with van der Waals surface area (Å²) in [6.07, 6.45) is 2.89. The highest BCUT2D eigenvalue weighted by Gasteiger charge is 2.44. The fourth-order valence-electron chi connectivity index (χ4n) is 4.45. The Morgan fingerprint density at radius 1 is 1.03 bits per heavy atom. The van der Waals surface area contributed by atoms with E-state index in [1.54, 1.807) is 43.3 Å². The number of nitrogens with zero attached hydrogens (tertiary/aromatic N) is 3. The molecule has 0 bridgehead atoms. The molecular weight excluding hydrogens is 390 g/mol. The Balaban J connectivity index is 1.46. The Morgan fingerprint density at radius 3 is 2.48 bits per heavy atom. The average molecular weight is 416 g/mol. The SMILES string of the molecule is COc1ccc(C(=O)N2CCC3(CCCN(C(=O)c4cscn4)C3)C2)cc1OC. The monoisotopic (exact) mass is 415 g/mol. The van der Waals surface area contributed by atoms with Crippen LogP contribution >= 0.6 is 11.3 Å². The van der Waals surface area contributed by atoms with Crippen LogP contribution in [0.5, 0.6) is 11.5 Å². The van der Waals surface area contributed by atoms with Gasteiger partial charge in [0, 0.05) is 42.5 Å². The number of benzene rings is 1. The van der Waals surface area contributed by atoms with Crippen LogP contribution in [0.2, 0.25) is 0 Å². The van der Waals surface area contributed by atoms with E-state index in [0.717, 1.165) is 25.8 Å². The standard InChI is InChI=1S/C21H25N3O4S/c1-27-17-5-4-15(10-18(17)28-2)19(25)24-9-7-21(13-24)6-3-8-23(12-21)20(26)16-11-29-14-22-16/h4-5,10-11,14H,3,6-9,12-13H2,1-2H3. The maximum Gasteiger partial charge on any atom is 0.273 e. The van der Waals surface area contributed by atoms with Crippen LogP contribution in [-0.4, -0.2) is 67.0 Å². The molecule has 7 nitrogen and oxygen atoms in total. The van der Waals surface area contributed by atoms with Gasteiger partial charge in [-0.15, -0.1) is 11.3 Å². The van der Waals surface area contributed by atoms with Crippen molar-refractivity contribution in [1.29, 1.82) is 0 Å².